The van der Waals surface area contributed by atoms with E-state index in [1.807, 2.05) is 30.3 Å². The maximum absolute atomic E-state index is 13.6. The Morgan fingerprint density at radius 3 is 2.43 bits per heavy atom. The highest BCUT2D eigenvalue weighted by Crippen LogP contribution is 2.28. The van der Waals surface area contributed by atoms with Crippen molar-refractivity contribution in [2.75, 3.05) is 13.2 Å². The smallest absolute Gasteiger partial charge is 0.344 e. The highest BCUT2D eigenvalue weighted by molar-refractivity contribution is 7.89. The van der Waals surface area contributed by atoms with Gasteiger partial charge in [-0.25, -0.2) is 18.7 Å². The number of hydroxylamine groups is 1. The van der Waals surface area contributed by atoms with Crippen LogP contribution in [0, 0.1) is 0 Å². The first kappa shape index (κ1) is 26.2. The first-order chi connectivity index (χ1) is 17.9. The Morgan fingerprint density at radius 1 is 1.03 bits per heavy atom. The summed E-state index contributed by atoms with van der Waals surface area (Å²) in [6.07, 6.45) is 3.01. The van der Waals surface area contributed by atoms with E-state index >= 15 is 0 Å². The number of hydrogen-bond acceptors (Lipinski definition) is 9. The Balaban J connectivity index is 1.51. The summed E-state index contributed by atoms with van der Waals surface area (Å²) in [5.74, 6) is -0.855. The van der Waals surface area contributed by atoms with Crippen molar-refractivity contribution in [3.05, 3.63) is 83.9 Å². The lowest BCUT2D eigenvalue weighted by Gasteiger charge is -2.33. The van der Waals surface area contributed by atoms with Crippen LogP contribution in [0.15, 0.2) is 71.9 Å². The van der Waals surface area contributed by atoms with Crippen molar-refractivity contribution < 1.29 is 32.3 Å². The van der Waals surface area contributed by atoms with Gasteiger partial charge in [-0.2, -0.15) is 4.31 Å². The first-order valence-corrected chi connectivity index (χ1v) is 13.0. The number of carbonyl (C=O) groups is 2. The van der Waals surface area contributed by atoms with E-state index in [9.17, 15) is 18.0 Å². The monoisotopic (exact) mass is 526 g/mol. The molecule has 1 aliphatic rings. The van der Waals surface area contributed by atoms with Crippen molar-refractivity contribution in [2.24, 2.45) is 0 Å². The fourth-order valence-corrected chi connectivity index (χ4v) is 5.29. The van der Waals surface area contributed by atoms with Gasteiger partial charge < -0.3 is 9.47 Å². The predicted octanol–water partition coefficient (Wildman–Crippen LogP) is 1.78. The summed E-state index contributed by atoms with van der Waals surface area (Å²) in [5.41, 5.74) is 4.23. The first-order valence-electron chi connectivity index (χ1n) is 11.5. The van der Waals surface area contributed by atoms with Gasteiger partial charge >= 0.3 is 5.97 Å². The number of carbonyl (C=O) groups excluding carboxylic acids is 2. The Hall–Kier alpha value is -3.87. The zero-order valence-electron chi connectivity index (χ0n) is 20.1. The van der Waals surface area contributed by atoms with Gasteiger partial charge in [0, 0.05) is 18.8 Å². The molecule has 1 N–H and O–H groups in total. The van der Waals surface area contributed by atoms with Gasteiger partial charge in [0.15, 0.2) is 6.61 Å². The van der Waals surface area contributed by atoms with Gasteiger partial charge in [-0.15, -0.1) is 0 Å². The average molecular weight is 527 g/mol. The van der Waals surface area contributed by atoms with Gasteiger partial charge in [0.1, 0.15) is 11.8 Å². The van der Waals surface area contributed by atoms with E-state index in [0.717, 1.165) is 9.87 Å². The van der Waals surface area contributed by atoms with Crippen molar-refractivity contribution in [3.8, 4) is 5.75 Å². The molecule has 1 aromatic heterocycles. The molecule has 12 heteroatoms. The van der Waals surface area contributed by atoms with Gasteiger partial charge in [-0.1, -0.05) is 30.3 Å². The van der Waals surface area contributed by atoms with Crippen LogP contribution in [0.3, 0.4) is 0 Å². The lowest BCUT2D eigenvalue weighted by Crippen LogP contribution is -2.52. The molecule has 37 heavy (non-hydrogen) atoms. The zero-order valence-corrected chi connectivity index (χ0v) is 20.9. The lowest BCUT2D eigenvalue weighted by molar-refractivity contribution is -0.145. The zero-order chi connectivity index (χ0) is 26.3. The topological polar surface area (TPSA) is 137 Å². The lowest BCUT2D eigenvalue weighted by atomic mass is 10.0. The third kappa shape index (κ3) is 6.47. The second-order valence-corrected chi connectivity index (χ2v) is 9.92. The quantitative estimate of drug-likeness (QED) is 0.310. The Morgan fingerprint density at radius 2 is 1.73 bits per heavy atom. The van der Waals surface area contributed by atoms with Crippen molar-refractivity contribution in [3.63, 3.8) is 0 Å². The number of nitrogens with zero attached hydrogens (tertiary/aromatic N) is 3. The number of rotatable bonds is 10. The van der Waals surface area contributed by atoms with Crippen LogP contribution < -0.4 is 10.2 Å². The minimum Gasteiger partial charge on any atom is -0.482 e. The standard InChI is InChI=1S/C25H26N4O7S/c1-2-34-24(30)17-35-19-8-10-20(11-9-19)37(32,33)29-15-22-21(26-12-13-27-22)14-23(29)25(31)28-36-16-18-6-4-3-5-7-18/h3-13,23H,2,14-17H2,1H3,(H,28,31). The molecule has 0 bridgehead atoms. The molecule has 2 heterocycles. The molecule has 194 valence electrons. The molecule has 4 rings (SSSR count). The van der Waals surface area contributed by atoms with Gasteiger partial charge in [0.05, 0.1) is 36.0 Å². The molecule has 0 spiro atoms. The molecule has 1 atom stereocenters. The maximum atomic E-state index is 13.6. The largest absolute Gasteiger partial charge is 0.482 e. The van der Waals surface area contributed by atoms with Crippen molar-refractivity contribution in [2.45, 2.75) is 37.4 Å². The van der Waals surface area contributed by atoms with Crippen LogP contribution in [0.2, 0.25) is 0 Å². The third-order valence-electron chi connectivity index (χ3n) is 5.55. The van der Waals surface area contributed by atoms with Crippen molar-refractivity contribution >= 4 is 21.9 Å². The number of nitrogens with one attached hydrogen (secondary N) is 1. The minimum absolute atomic E-state index is 0.0314. The number of fused-ring (bicyclic) bond motifs is 1. The summed E-state index contributed by atoms with van der Waals surface area (Å²) in [5, 5.41) is 0. The summed E-state index contributed by atoms with van der Waals surface area (Å²) < 4.78 is 38.5. The van der Waals surface area contributed by atoms with E-state index in [-0.39, 0.29) is 37.7 Å². The molecule has 0 saturated heterocycles. The average Bonchev–Trinajstić information content (AvgIpc) is 2.92. The highest BCUT2D eigenvalue weighted by atomic mass is 32.2. The van der Waals surface area contributed by atoms with Crippen LogP contribution >= 0.6 is 0 Å². The second-order valence-electron chi connectivity index (χ2n) is 8.03. The van der Waals surface area contributed by atoms with E-state index in [0.29, 0.717) is 17.1 Å². The highest BCUT2D eigenvalue weighted by Gasteiger charge is 2.41. The minimum atomic E-state index is -4.13. The summed E-state index contributed by atoms with van der Waals surface area (Å²) in [7, 11) is -4.13. The van der Waals surface area contributed by atoms with E-state index in [2.05, 4.69) is 15.4 Å². The Bertz CT molecular complexity index is 1330. The molecule has 0 aliphatic carbocycles. The Labute approximate surface area is 214 Å². The van der Waals surface area contributed by atoms with E-state index in [1.54, 1.807) is 6.92 Å². The van der Waals surface area contributed by atoms with Crippen LogP contribution in [-0.4, -0.2) is 53.8 Å². The SMILES string of the molecule is CCOC(=O)COc1ccc(S(=O)(=O)N2Cc3nccnc3CC2C(=O)NOCc2ccccc2)cc1. The summed E-state index contributed by atoms with van der Waals surface area (Å²) in [4.78, 5) is 38.4. The van der Waals surface area contributed by atoms with Crippen LogP contribution in [0.1, 0.15) is 23.9 Å². The number of benzene rings is 2. The molecule has 0 radical (unpaired) electrons. The van der Waals surface area contributed by atoms with Gasteiger partial charge in [-0.3, -0.25) is 19.6 Å². The molecule has 1 aliphatic heterocycles. The molecule has 1 unspecified atom stereocenters. The van der Waals surface area contributed by atoms with Gasteiger partial charge in [-0.05, 0) is 36.8 Å². The summed E-state index contributed by atoms with van der Waals surface area (Å²) >= 11 is 0. The number of esters is 1. The van der Waals surface area contributed by atoms with Crippen molar-refractivity contribution in [1.82, 2.24) is 19.8 Å². The number of hydrogen-bond donors (Lipinski definition) is 1. The predicted molar refractivity (Wildman–Crippen MR) is 130 cm³/mol. The maximum Gasteiger partial charge on any atom is 0.344 e. The fraction of sp³-hybridized carbons (Fsp3) is 0.280. The second kappa shape index (κ2) is 11.9. The molecular weight excluding hydrogens is 500 g/mol. The third-order valence-corrected chi connectivity index (χ3v) is 7.42. The molecule has 0 fully saturated rings. The van der Waals surface area contributed by atoms with E-state index in [4.69, 9.17) is 14.3 Å². The van der Waals surface area contributed by atoms with Crippen LogP contribution in [0.4, 0.5) is 0 Å². The van der Waals surface area contributed by atoms with Crippen LogP contribution in [-0.2, 0) is 48.8 Å². The summed E-state index contributed by atoms with van der Waals surface area (Å²) in [6, 6.07) is 13.7. The van der Waals surface area contributed by atoms with Crippen LogP contribution in [0.5, 0.6) is 5.75 Å². The molecule has 2 aromatic carbocycles. The van der Waals surface area contributed by atoms with Gasteiger partial charge in [0.2, 0.25) is 10.0 Å². The fourth-order valence-electron chi connectivity index (χ4n) is 3.74. The number of ether oxygens (including phenoxy) is 2. The molecule has 1 amide bonds. The van der Waals surface area contributed by atoms with Crippen LogP contribution in [0.25, 0.3) is 0 Å². The number of amides is 1. The summed E-state index contributed by atoms with van der Waals surface area (Å²) in [6.45, 7) is 1.60. The van der Waals surface area contributed by atoms with Crippen molar-refractivity contribution in [1.29, 1.82) is 0 Å². The normalized spacial score (nSPS) is 15.4. The molecule has 11 nitrogen and oxygen atoms in total. The van der Waals surface area contributed by atoms with E-state index in [1.165, 1.54) is 36.7 Å². The molecule has 0 saturated carbocycles. The van der Waals surface area contributed by atoms with E-state index < -0.39 is 27.9 Å². The number of aromatic nitrogens is 2. The number of sulfonamides is 1. The Kier molecular flexibility index (Phi) is 8.43. The molecular formula is C25H26N4O7S. The van der Waals surface area contributed by atoms with Gasteiger partial charge in [0.25, 0.3) is 5.91 Å². The molecule has 3 aromatic rings.